The quantitative estimate of drug-likeness (QED) is 0.741. The van der Waals surface area contributed by atoms with E-state index in [9.17, 15) is 0 Å². The first-order valence-electron chi connectivity index (χ1n) is 6.38. The van der Waals surface area contributed by atoms with E-state index in [1.807, 2.05) is 0 Å². The fraction of sp³-hybridized carbons (Fsp3) is 0.357. The van der Waals surface area contributed by atoms with E-state index in [4.69, 9.17) is 5.73 Å². The van der Waals surface area contributed by atoms with Crippen molar-refractivity contribution in [3.8, 4) is 0 Å². The highest BCUT2D eigenvalue weighted by molar-refractivity contribution is 5.80. The van der Waals surface area contributed by atoms with Crippen LogP contribution in [0.25, 0.3) is 16.8 Å². The molecule has 0 aliphatic rings. The van der Waals surface area contributed by atoms with E-state index in [-0.39, 0.29) is 0 Å². The molecule has 2 aromatic heterocycles. The van der Waals surface area contributed by atoms with Gasteiger partial charge in [-0.2, -0.15) is 0 Å². The van der Waals surface area contributed by atoms with E-state index in [1.165, 1.54) is 5.56 Å². The minimum absolute atomic E-state index is 0.530. The lowest BCUT2D eigenvalue weighted by Gasteiger charge is -2.04. The van der Waals surface area contributed by atoms with Crippen LogP contribution in [0.1, 0.15) is 31.0 Å². The Hall–Kier alpha value is -1.81. The van der Waals surface area contributed by atoms with Crippen LogP contribution in [-0.2, 0) is 6.42 Å². The first-order valence-corrected chi connectivity index (χ1v) is 6.38. The van der Waals surface area contributed by atoms with Gasteiger partial charge in [-0.25, -0.2) is 4.98 Å². The highest BCUT2D eigenvalue weighted by Gasteiger charge is 2.09. The van der Waals surface area contributed by atoms with Gasteiger partial charge in [0.1, 0.15) is 0 Å². The number of aromatic nitrogens is 3. The van der Waals surface area contributed by atoms with Gasteiger partial charge in [-0.05, 0) is 30.2 Å². The molecule has 3 aromatic rings. The Bertz CT molecular complexity index is 690. The topological polar surface area (TPSA) is 59.1 Å². The third-order valence-corrected chi connectivity index (χ3v) is 3.35. The van der Waals surface area contributed by atoms with Crippen molar-refractivity contribution in [1.29, 1.82) is 0 Å². The third kappa shape index (κ3) is 1.69. The molecule has 0 saturated carbocycles. The maximum absolute atomic E-state index is 5.58. The van der Waals surface area contributed by atoms with Crippen LogP contribution in [0.3, 0.4) is 0 Å². The van der Waals surface area contributed by atoms with E-state index in [1.54, 1.807) is 0 Å². The summed E-state index contributed by atoms with van der Waals surface area (Å²) in [7, 11) is 0. The summed E-state index contributed by atoms with van der Waals surface area (Å²) in [5, 5.41) is 0. The maximum Gasteiger partial charge on any atom is 0.212 e. The van der Waals surface area contributed by atoms with Gasteiger partial charge in [-0.1, -0.05) is 19.9 Å². The van der Waals surface area contributed by atoms with Crippen LogP contribution in [0.15, 0.2) is 24.4 Å². The zero-order valence-corrected chi connectivity index (χ0v) is 10.8. The highest BCUT2D eigenvalue weighted by atomic mass is 15.1. The van der Waals surface area contributed by atoms with Gasteiger partial charge in [0.25, 0.3) is 0 Å². The number of fused-ring (bicyclic) bond motifs is 3. The molecule has 0 spiro atoms. The molecular formula is C14H18N4. The molecule has 0 unspecified atom stereocenters. The molecular weight excluding hydrogens is 224 g/mol. The zero-order chi connectivity index (χ0) is 12.7. The molecule has 4 nitrogen and oxygen atoms in total. The Balaban J connectivity index is 2.21. The molecule has 0 saturated heterocycles. The number of nitrogens with two attached hydrogens (primary N) is 1. The molecule has 94 valence electrons. The minimum Gasteiger partial charge on any atom is -0.330 e. The van der Waals surface area contributed by atoms with Crippen molar-refractivity contribution in [3.63, 3.8) is 0 Å². The largest absolute Gasteiger partial charge is 0.330 e. The fourth-order valence-electron chi connectivity index (χ4n) is 2.30. The van der Waals surface area contributed by atoms with Crippen molar-refractivity contribution >= 4 is 16.8 Å². The monoisotopic (exact) mass is 242 g/mol. The van der Waals surface area contributed by atoms with Gasteiger partial charge in [0.05, 0.1) is 11.0 Å². The molecule has 0 aliphatic carbocycles. The highest BCUT2D eigenvalue weighted by Crippen LogP contribution is 2.22. The summed E-state index contributed by atoms with van der Waals surface area (Å²) in [6.45, 7) is 5.06. The van der Waals surface area contributed by atoms with Crippen LogP contribution in [0.4, 0.5) is 0 Å². The fourth-order valence-corrected chi connectivity index (χ4v) is 2.30. The van der Waals surface area contributed by atoms with E-state index in [2.05, 4.69) is 52.6 Å². The number of H-pyrrole nitrogens is 1. The molecule has 0 atom stereocenters. The van der Waals surface area contributed by atoms with Gasteiger partial charge in [0.2, 0.25) is 5.78 Å². The van der Waals surface area contributed by atoms with Crippen LogP contribution in [-0.4, -0.2) is 20.9 Å². The van der Waals surface area contributed by atoms with Crippen LogP contribution in [0.2, 0.25) is 0 Å². The van der Waals surface area contributed by atoms with Gasteiger partial charge in [0, 0.05) is 18.3 Å². The minimum atomic E-state index is 0.530. The number of nitrogens with zero attached hydrogens (tertiary/aromatic N) is 2. The zero-order valence-electron chi connectivity index (χ0n) is 10.8. The lowest BCUT2D eigenvalue weighted by molar-refractivity contribution is 0.868. The Morgan fingerprint density at radius 3 is 2.94 bits per heavy atom. The van der Waals surface area contributed by atoms with E-state index in [0.717, 1.165) is 28.9 Å². The number of imidazole rings is 2. The first kappa shape index (κ1) is 11.3. The van der Waals surface area contributed by atoms with Crippen molar-refractivity contribution < 1.29 is 0 Å². The number of hydrogen-bond donors (Lipinski definition) is 2. The average molecular weight is 242 g/mol. The van der Waals surface area contributed by atoms with Crippen molar-refractivity contribution in [2.24, 2.45) is 5.73 Å². The molecule has 1 aromatic carbocycles. The average Bonchev–Trinajstić information content (AvgIpc) is 2.85. The van der Waals surface area contributed by atoms with Crippen LogP contribution >= 0.6 is 0 Å². The number of hydrogen-bond acceptors (Lipinski definition) is 2. The predicted octanol–water partition coefficient (Wildman–Crippen LogP) is 2.44. The van der Waals surface area contributed by atoms with Gasteiger partial charge >= 0.3 is 0 Å². The molecule has 3 N–H and O–H groups in total. The summed E-state index contributed by atoms with van der Waals surface area (Å²) in [5.74, 6) is 1.43. The molecule has 0 bridgehead atoms. The first-order chi connectivity index (χ1) is 8.69. The van der Waals surface area contributed by atoms with Crippen molar-refractivity contribution in [1.82, 2.24) is 14.4 Å². The summed E-state index contributed by atoms with van der Waals surface area (Å²) < 4.78 is 2.12. The second-order valence-corrected chi connectivity index (χ2v) is 5.03. The molecule has 3 rings (SSSR count). The Morgan fingerprint density at radius 2 is 2.22 bits per heavy atom. The lowest BCUT2D eigenvalue weighted by Crippen LogP contribution is -2.02. The molecule has 0 amide bonds. The number of nitrogens with one attached hydrogen (secondary N) is 1. The summed E-state index contributed by atoms with van der Waals surface area (Å²) in [4.78, 5) is 7.89. The van der Waals surface area contributed by atoms with Gasteiger partial charge in [-0.3, -0.25) is 4.40 Å². The van der Waals surface area contributed by atoms with Crippen molar-refractivity contribution in [3.05, 3.63) is 35.7 Å². The Morgan fingerprint density at radius 1 is 1.39 bits per heavy atom. The second-order valence-electron chi connectivity index (χ2n) is 5.03. The SMILES string of the molecule is CC(C)c1ccc2nc3[nH]c(CCN)cn3c2c1. The Kier molecular flexibility index (Phi) is 2.59. The van der Waals surface area contributed by atoms with Gasteiger partial charge in [-0.15, -0.1) is 0 Å². The molecule has 18 heavy (non-hydrogen) atoms. The number of rotatable bonds is 3. The summed E-state index contributed by atoms with van der Waals surface area (Å²) in [6.07, 6.45) is 2.95. The summed E-state index contributed by atoms with van der Waals surface area (Å²) in [5.41, 5.74) is 10.2. The Labute approximate surface area is 106 Å². The lowest BCUT2D eigenvalue weighted by atomic mass is 10.0. The van der Waals surface area contributed by atoms with Crippen LogP contribution < -0.4 is 5.73 Å². The summed E-state index contributed by atoms with van der Waals surface area (Å²) >= 11 is 0. The second kappa shape index (κ2) is 4.14. The van der Waals surface area contributed by atoms with Crippen molar-refractivity contribution in [2.75, 3.05) is 6.54 Å². The van der Waals surface area contributed by atoms with Crippen molar-refractivity contribution in [2.45, 2.75) is 26.2 Å². The third-order valence-electron chi connectivity index (χ3n) is 3.35. The number of benzene rings is 1. The molecule has 4 heteroatoms. The maximum atomic E-state index is 5.58. The molecule has 0 radical (unpaired) electrons. The standard InChI is InChI=1S/C14H18N4/c1-9(2)10-3-4-12-13(7-10)18-8-11(5-6-15)16-14(18)17-12/h3-4,7-9H,5-6,15H2,1-2H3,(H,16,17). The molecule has 0 fully saturated rings. The van der Waals surface area contributed by atoms with E-state index in [0.29, 0.717) is 12.5 Å². The van der Waals surface area contributed by atoms with Crippen LogP contribution in [0, 0.1) is 0 Å². The molecule has 2 heterocycles. The summed E-state index contributed by atoms with van der Waals surface area (Å²) in [6, 6.07) is 6.47. The van der Waals surface area contributed by atoms with E-state index < -0.39 is 0 Å². The van der Waals surface area contributed by atoms with E-state index >= 15 is 0 Å². The number of aromatic amines is 1. The van der Waals surface area contributed by atoms with Gasteiger partial charge in [0.15, 0.2) is 0 Å². The smallest absolute Gasteiger partial charge is 0.212 e. The van der Waals surface area contributed by atoms with Crippen LogP contribution in [0.5, 0.6) is 0 Å². The molecule has 0 aliphatic heterocycles. The normalized spacial score (nSPS) is 12.0. The predicted molar refractivity (Wildman–Crippen MR) is 73.9 cm³/mol. The van der Waals surface area contributed by atoms with Gasteiger partial charge < -0.3 is 10.7 Å².